The van der Waals surface area contributed by atoms with Gasteiger partial charge in [0.1, 0.15) is 18.1 Å². The van der Waals surface area contributed by atoms with Gasteiger partial charge in [-0.3, -0.25) is 0 Å². The summed E-state index contributed by atoms with van der Waals surface area (Å²) in [6.45, 7) is 1.97. The number of hydrogen-bond acceptors (Lipinski definition) is 4. The Morgan fingerprint density at radius 2 is 1.79 bits per heavy atom. The number of rotatable bonds is 8. The third-order valence-electron chi connectivity index (χ3n) is 3.19. The highest BCUT2D eigenvalue weighted by Gasteiger charge is 2.16. The number of benzene rings is 2. The van der Waals surface area contributed by atoms with Gasteiger partial charge >= 0.3 is 0 Å². The van der Waals surface area contributed by atoms with Crippen LogP contribution in [-0.2, 0) is 15.8 Å². The number of nitrogens with one attached hydrogen (secondary N) is 1. The molecule has 0 aliphatic carbocycles. The van der Waals surface area contributed by atoms with Gasteiger partial charge in [-0.05, 0) is 48.9 Å². The van der Waals surface area contributed by atoms with Crippen molar-refractivity contribution in [2.45, 2.75) is 18.7 Å². The molecule has 2 rings (SSSR count). The van der Waals surface area contributed by atoms with Crippen molar-refractivity contribution in [1.29, 1.82) is 0 Å². The lowest BCUT2D eigenvalue weighted by Gasteiger charge is -2.15. The van der Waals surface area contributed by atoms with Crippen molar-refractivity contribution in [3.8, 4) is 11.5 Å². The highest BCUT2D eigenvalue weighted by atomic mass is 35.5. The fraction of sp³-hybridized carbons (Fsp3) is 0.294. The molecule has 0 amide bonds. The lowest BCUT2D eigenvalue weighted by atomic mass is 10.2. The Kier molecular flexibility index (Phi) is 6.48. The minimum absolute atomic E-state index is 0.125. The summed E-state index contributed by atoms with van der Waals surface area (Å²) in [6.07, 6.45) is 0. The van der Waals surface area contributed by atoms with Crippen LogP contribution in [0.25, 0.3) is 0 Å². The van der Waals surface area contributed by atoms with Gasteiger partial charge < -0.3 is 9.47 Å². The minimum atomic E-state index is -3.47. The van der Waals surface area contributed by atoms with Crippen LogP contribution in [0, 0.1) is 0 Å². The zero-order valence-corrected chi connectivity index (χ0v) is 15.1. The topological polar surface area (TPSA) is 64.6 Å². The zero-order valence-electron chi connectivity index (χ0n) is 13.5. The molecule has 0 bridgehead atoms. The van der Waals surface area contributed by atoms with Crippen molar-refractivity contribution in [2.24, 2.45) is 0 Å². The molecular formula is C17H20ClNO4S. The van der Waals surface area contributed by atoms with E-state index in [1.165, 1.54) is 0 Å². The Hall–Kier alpha value is -1.76. The van der Waals surface area contributed by atoms with Gasteiger partial charge in [-0.1, -0.05) is 23.7 Å². The van der Waals surface area contributed by atoms with Gasteiger partial charge in [0, 0.05) is 5.02 Å². The number of sulfonamides is 1. The molecule has 0 heterocycles. The van der Waals surface area contributed by atoms with E-state index in [9.17, 15) is 8.42 Å². The van der Waals surface area contributed by atoms with Crippen LogP contribution in [0.2, 0.25) is 5.02 Å². The van der Waals surface area contributed by atoms with Gasteiger partial charge in [0.15, 0.2) is 0 Å². The second-order valence-corrected chi connectivity index (χ2v) is 7.58. The van der Waals surface area contributed by atoms with Crippen molar-refractivity contribution in [2.75, 3.05) is 13.7 Å². The molecular weight excluding hydrogens is 350 g/mol. The maximum atomic E-state index is 12.2. The fourth-order valence-electron chi connectivity index (χ4n) is 2.12. The molecule has 0 saturated heterocycles. The zero-order chi connectivity index (χ0) is 17.6. The molecule has 5 nitrogen and oxygen atoms in total. The first-order valence-electron chi connectivity index (χ1n) is 7.39. The normalized spacial score (nSPS) is 12.6. The molecule has 0 aliphatic rings. The highest BCUT2D eigenvalue weighted by molar-refractivity contribution is 7.88. The van der Waals surface area contributed by atoms with E-state index < -0.39 is 10.0 Å². The molecule has 0 unspecified atom stereocenters. The molecule has 1 atom stereocenters. The maximum Gasteiger partial charge on any atom is 0.216 e. The second-order valence-electron chi connectivity index (χ2n) is 5.39. The van der Waals surface area contributed by atoms with Crippen LogP contribution in [0.4, 0.5) is 0 Å². The molecule has 0 spiro atoms. The van der Waals surface area contributed by atoms with Crippen LogP contribution in [0.15, 0.2) is 48.5 Å². The number of halogens is 1. The summed E-state index contributed by atoms with van der Waals surface area (Å²) >= 11 is 5.87. The molecule has 0 aliphatic heterocycles. The molecule has 0 saturated carbocycles. The molecule has 0 fully saturated rings. The van der Waals surface area contributed by atoms with Crippen LogP contribution >= 0.6 is 11.6 Å². The Labute approximate surface area is 147 Å². The SMILES string of the molecule is COc1ccc(OC[C@H](C)NS(=O)(=O)Cc2cccc(Cl)c2)cc1. The Balaban J connectivity index is 1.86. The van der Waals surface area contributed by atoms with E-state index in [4.69, 9.17) is 21.1 Å². The first-order chi connectivity index (χ1) is 11.4. The fourth-order valence-corrected chi connectivity index (χ4v) is 3.72. The molecule has 1 N–H and O–H groups in total. The lowest BCUT2D eigenvalue weighted by molar-refractivity contribution is 0.287. The van der Waals surface area contributed by atoms with Crippen molar-refractivity contribution >= 4 is 21.6 Å². The van der Waals surface area contributed by atoms with Gasteiger partial charge in [-0.2, -0.15) is 0 Å². The largest absolute Gasteiger partial charge is 0.497 e. The third-order valence-corrected chi connectivity index (χ3v) is 4.90. The van der Waals surface area contributed by atoms with Gasteiger partial charge in [0.05, 0.1) is 18.9 Å². The van der Waals surface area contributed by atoms with Crippen LogP contribution < -0.4 is 14.2 Å². The maximum absolute atomic E-state index is 12.2. The summed E-state index contributed by atoms with van der Waals surface area (Å²) in [5.74, 6) is 1.26. The summed E-state index contributed by atoms with van der Waals surface area (Å²) in [5, 5.41) is 0.513. The third kappa shape index (κ3) is 6.03. The van der Waals surface area contributed by atoms with E-state index in [0.29, 0.717) is 16.3 Å². The van der Waals surface area contributed by atoms with Crippen LogP contribution in [0.3, 0.4) is 0 Å². The monoisotopic (exact) mass is 369 g/mol. The average Bonchev–Trinajstić information content (AvgIpc) is 2.52. The van der Waals surface area contributed by atoms with E-state index in [0.717, 1.165) is 5.75 Å². The second kappa shape index (κ2) is 8.37. The molecule has 0 aromatic heterocycles. The highest BCUT2D eigenvalue weighted by Crippen LogP contribution is 2.17. The predicted octanol–water partition coefficient (Wildman–Crippen LogP) is 3.24. The number of hydrogen-bond donors (Lipinski definition) is 1. The van der Waals surface area contributed by atoms with E-state index in [1.54, 1.807) is 62.6 Å². The summed E-state index contributed by atoms with van der Waals surface area (Å²) in [6, 6.07) is 13.5. The van der Waals surface area contributed by atoms with Gasteiger partial charge in [-0.15, -0.1) is 0 Å². The molecule has 130 valence electrons. The van der Waals surface area contributed by atoms with Gasteiger partial charge in [0.25, 0.3) is 0 Å². The van der Waals surface area contributed by atoms with Crippen molar-refractivity contribution in [1.82, 2.24) is 4.72 Å². The quantitative estimate of drug-likeness (QED) is 0.775. The van der Waals surface area contributed by atoms with Crippen molar-refractivity contribution in [3.63, 3.8) is 0 Å². The summed E-state index contributed by atoms with van der Waals surface area (Å²) < 4.78 is 37.6. The van der Waals surface area contributed by atoms with Gasteiger partial charge in [0.2, 0.25) is 10.0 Å². The first kappa shape index (κ1) is 18.6. The molecule has 24 heavy (non-hydrogen) atoms. The number of ether oxygens (including phenoxy) is 2. The lowest BCUT2D eigenvalue weighted by Crippen LogP contribution is -2.37. The standard InChI is InChI=1S/C17H20ClNO4S/c1-13(11-23-17-8-6-16(22-2)7-9-17)19-24(20,21)12-14-4-3-5-15(18)10-14/h3-10,13,19H,11-12H2,1-2H3/t13-/m0/s1. The van der Waals surface area contributed by atoms with Crippen LogP contribution in [-0.4, -0.2) is 28.2 Å². The van der Waals surface area contributed by atoms with Gasteiger partial charge in [-0.25, -0.2) is 13.1 Å². The van der Waals surface area contributed by atoms with E-state index in [2.05, 4.69) is 4.72 Å². The molecule has 2 aromatic carbocycles. The summed E-state index contributed by atoms with van der Waals surface area (Å²) in [5.41, 5.74) is 0.637. The van der Waals surface area contributed by atoms with E-state index >= 15 is 0 Å². The average molecular weight is 370 g/mol. The molecule has 7 heteroatoms. The van der Waals surface area contributed by atoms with Crippen molar-refractivity contribution in [3.05, 3.63) is 59.1 Å². The van der Waals surface area contributed by atoms with Crippen molar-refractivity contribution < 1.29 is 17.9 Å². The summed E-state index contributed by atoms with van der Waals surface area (Å²) in [7, 11) is -1.88. The Morgan fingerprint density at radius 3 is 2.42 bits per heavy atom. The number of methoxy groups -OCH3 is 1. The van der Waals surface area contributed by atoms with Crippen LogP contribution in [0.5, 0.6) is 11.5 Å². The van der Waals surface area contributed by atoms with Crippen LogP contribution in [0.1, 0.15) is 12.5 Å². The molecule has 2 aromatic rings. The minimum Gasteiger partial charge on any atom is -0.497 e. The molecule has 0 radical (unpaired) electrons. The summed E-state index contributed by atoms with van der Waals surface area (Å²) in [4.78, 5) is 0. The predicted molar refractivity (Wildman–Crippen MR) is 95.2 cm³/mol. The first-order valence-corrected chi connectivity index (χ1v) is 9.42. The smallest absolute Gasteiger partial charge is 0.216 e. The Bertz CT molecular complexity index is 762. The van der Waals surface area contributed by atoms with E-state index in [-0.39, 0.29) is 18.4 Å². The Morgan fingerprint density at radius 1 is 1.12 bits per heavy atom. The van der Waals surface area contributed by atoms with E-state index in [1.807, 2.05) is 0 Å².